The number of ketones is 1. The van der Waals surface area contributed by atoms with Crippen LogP contribution in [0.4, 0.5) is 22.0 Å². The molecule has 0 N–H and O–H groups in total. The number of hydrogen-bond donors (Lipinski definition) is 0. The van der Waals surface area contributed by atoms with Crippen molar-refractivity contribution in [1.82, 2.24) is 0 Å². The third-order valence-electron chi connectivity index (χ3n) is 1.86. The summed E-state index contributed by atoms with van der Waals surface area (Å²) in [5, 5.41) is 9.95. The van der Waals surface area contributed by atoms with Crippen molar-refractivity contribution in [2.24, 2.45) is 0 Å². The zero-order chi connectivity index (χ0) is 12.1. The Morgan fingerprint density at radius 2 is 1.67 bits per heavy atom. The van der Waals surface area contributed by atoms with E-state index in [0.717, 1.165) is 0 Å². The van der Waals surface area contributed by atoms with E-state index >= 15 is 0 Å². The first-order valence-corrected chi connectivity index (χ1v) is 3.40. The lowest BCUT2D eigenvalue weighted by atomic mass is 9.91. The number of allylic oxidation sites excluding steroid dienone is 1. The molecule has 1 aliphatic carbocycles. The molecule has 0 aromatic carbocycles. The molecule has 0 aliphatic heterocycles. The van der Waals surface area contributed by atoms with Gasteiger partial charge >= 0.3 is 17.6 Å². The quantitative estimate of drug-likeness (QED) is 0.296. The lowest BCUT2D eigenvalue weighted by molar-refractivity contribution is -0.624. The van der Waals surface area contributed by atoms with Gasteiger partial charge in [0.15, 0.2) is 0 Å². The molecule has 1 aliphatic rings. The minimum atomic E-state index is -5.71. The van der Waals surface area contributed by atoms with Crippen LogP contribution >= 0.6 is 0 Å². The molecule has 0 saturated heterocycles. The van der Waals surface area contributed by atoms with Gasteiger partial charge in [0.1, 0.15) is 0 Å². The Labute approximate surface area is 78.5 Å². The minimum absolute atomic E-state index is 0.264. The maximum atomic E-state index is 13.0. The van der Waals surface area contributed by atoms with E-state index in [0.29, 0.717) is 0 Å². The van der Waals surface area contributed by atoms with Crippen LogP contribution in [0.2, 0.25) is 0 Å². The fraction of sp³-hybridized carbons (Fsp3) is 0.500. The second-order valence-electron chi connectivity index (χ2n) is 2.77. The van der Waals surface area contributed by atoms with E-state index in [4.69, 9.17) is 0 Å². The average molecular weight is 231 g/mol. The third-order valence-corrected chi connectivity index (χ3v) is 1.86. The van der Waals surface area contributed by atoms with Gasteiger partial charge in [-0.1, -0.05) is 0 Å². The summed E-state index contributed by atoms with van der Waals surface area (Å²) in [5.41, 5.74) is 0. The average Bonchev–Trinajstić information content (AvgIpc) is 2.09. The van der Waals surface area contributed by atoms with Gasteiger partial charge in [-0.2, -0.15) is 22.0 Å². The third kappa shape index (κ3) is 1.15. The first-order valence-electron chi connectivity index (χ1n) is 3.40. The number of alkyl halides is 5. The van der Waals surface area contributed by atoms with Gasteiger partial charge in [-0.05, 0) is 12.2 Å². The number of rotatable bonds is 1. The summed E-state index contributed by atoms with van der Waals surface area (Å²) in [7, 11) is 0. The predicted molar refractivity (Wildman–Crippen MR) is 34.9 cm³/mol. The van der Waals surface area contributed by atoms with Crippen molar-refractivity contribution in [3.8, 4) is 0 Å². The standard InChI is InChI=1S/C6H2F5NO3/c7-4(8)2-1-3(13)5(9,12(14)15)6(4,10)11/h1-2H. The van der Waals surface area contributed by atoms with Crippen molar-refractivity contribution in [3.63, 3.8) is 0 Å². The van der Waals surface area contributed by atoms with Gasteiger partial charge in [0.05, 0.1) is 4.92 Å². The first-order chi connectivity index (χ1) is 6.57. The summed E-state index contributed by atoms with van der Waals surface area (Å²) >= 11 is 0. The van der Waals surface area contributed by atoms with Crippen LogP contribution in [0.25, 0.3) is 0 Å². The fourth-order valence-corrected chi connectivity index (χ4v) is 0.976. The molecule has 0 heterocycles. The highest BCUT2D eigenvalue weighted by Crippen LogP contribution is 2.48. The van der Waals surface area contributed by atoms with Crippen LogP contribution in [0.3, 0.4) is 0 Å². The van der Waals surface area contributed by atoms with E-state index in [2.05, 4.69) is 0 Å². The van der Waals surface area contributed by atoms with Crippen LogP contribution in [-0.4, -0.2) is 28.3 Å². The summed E-state index contributed by atoms with van der Waals surface area (Å²) in [6.45, 7) is 0. The zero-order valence-corrected chi connectivity index (χ0v) is 6.72. The largest absolute Gasteiger partial charge is 0.490 e. The number of nitrogens with zero attached hydrogens (tertiary/aromatic N) is 1. The van der Waals surface area contributed by atoms with Crippen LogP contribution in [0, 0.1) is 10.1 Å². The highest BCUT2D eigenvalue weighted by atomic mass is 19.3. The van der Waals surface area contributed by atoms with Gasteiger partial charge in [0, 0.05) is 0 Å². The molecule has 0 saturated carbocycles. The molecule has 15 heavy (non-hydrogen) atoms. The molecule has 1 rings (SSSR count). The second-order valence-corrected chi connectivity index (χ2v) is 2.77. The Morgan fingerprint density at radius 3 is 2.00 bits per heavy atom. The zero-order valence-electron chi connectivity index (χ0n) is 6.72. The smallest absolute Gasteiger partial charge is 0.283 e. The molecule has 1 atom stereocenters. The Balaban J connectivity index is 3.47. The highest BCUT2D eigenvalue weighted by molar-refractivity contribution is 5.98. The molecule has 0 aromatic rings. The molecule has 4 nitrogen and oxygen atoms in total. The minimum Gasteiger partial charge on any atom is -0.283 e. The highest BCUT2D eigenvalue weighted by Gasteiger charge is 2.82. The lowest BCUT2D eigenvalue weighted by Crippen LogP contribution is -2.65. The summed E-state index contributed by atoms with van der Waals surface area (Å²) in [4.78, 5) is 18.1. The summed E-state index contributed by atoms with van der Waals surface area (Å²) < 4.78 is 63.4. The van der Waals surface area contributed by atoms with E-state index in [-0.39, 0.29) is 6.08 Å². The molecule has 1 unspecified atom stereocenters. The van der Waals surface area contributed by atoms with Crippen LogP contribution in [-0.2, 0) is 4.79 Å². The molecule has 0 radical (unpaired) electrons. The molecular weight excluding hydrogens is 229 g/mol. The summed E-state index contributed by atoms with van der Waals surface area (Å²) in [5.74, 6) is -18.2. The van der Waals surface area contributed by atoms with Gasteiger partial charge in [-0.3, -0.25) is 14.9 Å². The second kappa shape index (κ2) is 2.74. The van der Waals surface area contributed by atoms with Crippen molar-refractivity contribution >= 4 is 5.78 Å². The summed E-state index contributed by atoms with van der Waals surface area (Å²) in [6.07, 6.45) is -0.823. The fourth-order valence-electron chi connectivity index (χ4n) is 0.976. The molecule has 0 aromatic heterocycles. The Hall–Kier alpha value is -1.54. The maximum absolute atomic E-state index is 13.0. The number of halogens is 5. The SMILES string of the molecule is O=C1C=CC(F)(F)C(F)(F)C1(F)[N+](=O)[O-]. The maximum Gasteiger partial charge on any atom is 0.490 e. The van der Waals surface area contributed by atoms with Crippen molar-refractivity contribution < 1.29 is 31.7 Å². The van der Waals surface area contributed by atoms with E-state index in [1.807, 2.05) is 0 Å². The summed E-state index contributed by atoms with van der Waals surface area (Å²) in [6, 6.07) is 0. The molecule has 0 bridgehead atoms. The van der Waals surface area contributed by atoms with Gasteiger partial charge in [0.25, 0.3) is 5.78 Å². The number of carbonyl (C=O) groups is 1. The van der Waals surface area contributed by atoms with Crippen LogP contribution in [0.15, 0.2) is 12.2 Å². The van der Waals surface area contributed by atoms with Crippen LogP contribution in [0.5, 0.6) is 0 Å². The van der Waals surface area contributed by atoms with Crippen molar-refractivity contribution in [1.29, 1.82) is 0 Å². The van der Waals surface area contributed by atoms with Crippen molar-refractivity contribution in [2.45, 2.75) is 17.6 Å². The van der Waals surface area contributed by atoms with Crippen molar-refractivity contribution in [2.75, 3.05) is 0 Å². The van der Waals surface area contributed by atoms with Crippen LogP contribution < -0.4 is 0 Å². The number of nitro groups is 1. The van der Waals surface area contributed by atoms with Gasteiger partial charge in [-0.25, -0.2) is 0 Å². The first kappa shape index (κ1) is 11.5. The van der Waals surface area contributed by atoms with E-state index in [1.165, 1.54) is 0 Å². The number of hydrogen-bond acceptors (Lipinski definition) is 3. The van der Waals surface area contributed by atoms with Gasteiger partial charge < -0.3 is 0 Å². The van der Waals surface area contributed by atoms with E-state index in [9.17, 15) is 36.9 Å². The Kier molecular flexibility index (Phi) is 2.10. The molecular formula is C6H2F5NO3. The topological polar surface area (TPSA) is 60.2 Å². The number of carbonyl (C=O) groups excluding carboxylic acids is 1. The molecule has 0 fully saturated rings. The lowest BCUT2D eigenvalue weighted by Gasteiger charge is -2.31. The monoisotopic (exact) mass is 231 g/mol. The molecule has 0 spiro atoms. The Bertz CT molecular complexity index is 366. The van der Waals surface area contributed by atoms with Gasteiger partial charge in [0.2, 0.25) is 0 Å². The molecule has 0 amide bonds. The molecule has 9 heteroatoms. The van der Waals surface area contributed by atoms with Crippen LogP contribution in [0.1, 0.15) is 0 Å². The predicted octanol–water partition coefficient (Wildman–Crippen LogP) is 1.34. The normalized spacial score (nSPS) is 32.7. The van der Waals surface area contributed by atoms with E-state index in [1.54, 1.807) is 0 Å². The van der Waals surface area contributed by atoms with E-state index < -0.39 is 34.4 Å². The Morgan fingerprint density at radius 1 is 1.20 bits per heavy atom. The molecule has 84 valence electrons. The van der Waals surface area contributed by atoms with Gasteiger partial charge in [-0.15, -0.1) is 0 Å². The van der Waals surface area contributed by atoms with Crippen molar-refractivity contribution in [3.05, 3.63) is 22.3 Å².